The minimum atomic E-state index is -1.00. The van der Waals surface area contributed by atoms with Crippen LogP contribution >= 0.6 is 11.3 Å². The number of pyridine rings is 1. The molecule has 1 amide bonds. The lowest BCUT2D eigenvalue weighted by molar-refractivity contribution is -0.133. The Hall–Kier alpha value is -4.93. The molecule has 2 fully saturated rings. The molecule has 0 spiro atoms. The van der Waals surface area contributed by atoms with Crippen molar-refractivity contribution in [2.45, 2.75) is 38.3 Å². The minimum Gasteiger partial charge on any atom is -0.477 e. The minimum absolute atomic E-state index is 0.0133. The van der Waals surface area contributed by atoms with E-state index < -0.39 is 17.6 Å². The van der Waals surface area contributed by atoms with Gasteiger partial charge in [-0.2, -0.15) is 0 Å². The van der Waals surface area contributed by atoms with Gasteiger partial charge >= 0.3 is 5.97 Å². The van der Waals surface area contributed by atoms with Gasteiger partial charge in [-0.15, -0.1) is 11.3 Å². The SMILES string of the molecule is O=C(O)c1cc2c(s1)c(-c1ccccc1)c(-c1ccc3nc(-c4ccc(F)c(F)c4)ccc3c1)n2CC(=O)N1CCC(N2CCCC2)CC1. The summed E-state index contributed by atoms with van der Waals surface area (Å²) in [5.74, 6) is -2.83. The van der Waals surface area contributed by atoms with Crippen molar-refractivity contribution >= 4 is 44.3 Å². The second kappa shape index (κ2) is 12.8. The molecule has 0 atom stereocenters. The first-order valence-electron chi connectivity index (χ1n) is 16.7. The molecule has 3 aromatic carbocycles. The number of benzene rings is 3. The van der Waals surface area contributed by atoms with Gasteiger partial charge in [-0.25, -0.2) is 18.6 Å². The van der Waals surface area contributed by atoms with Crippen LogP contribution in [-0.4, -0.2) is 68.6 Å². The number of thiophene rings is 1. The molecule has 2 saturated heterocycles. The lowest BCUT2D eigenvalue weighted by Gasteiger charge is -2.36. The van der Waals surface area contributed by atoms with Crippen molar-refractivity contribution in [3.05, 3.63) is 101 Å². The van der Waals surface area contributed by atoms with E-state index in [1.165, 1.54) is 30.2 Å². The molecule has 0 saturated carbocycles. The zero-order chi connectivity index (χ0) is 33.6. The van der Waals surface area contributed by atoms with Crippen molar-refractivity contribution in [1.29, 1.82) is 0 Å². The predicted molar refractivity (Wildman–Crippen MR) is 189 cm³/mol. The van der Waals surface area contributed by atoms with Crippen LogP contribution in [0.5, 0.6) is 0 Å². The lowest BCUT2D eigenvalue weighted by Crippen LogP contribution is -2.46. The molecular weight excluding hydrogens is 643 g/mol. The van der Waals surface area contributed by atoms with Gasteiger partial charge < -0.3 is 19.5 Å². The van der Waals surface area contributed by atoms with Gasteiger partial charge in [-0.1, -0.05) is 42.5 Å². The fourth-order valence-electron chi connectivity index (χ4n) is 7.48. The number of fused-ring (bicyclic) bond motifs is 2. The molecule has 7 nitrogen and oxygen atoms in total. The standard InChI is InChI=1S/C39H34F2N4O3S/c40-29-11-8-26(21-30(29)41)32-12-9-25-20-27(10-13-31(25)42-32)37-36(24-6-2-1-3-7-24)38-33(22-34(49-38)39(47)48)45(37)23-35(46)44-18-14-28(15-19-44)43-16-4-5-17-43/h1-3,6-13,20-22,28H,4-5,14-19,23H2,(H,47,48). The van der Waals surface area contributed by atoms with Crippen LogP contribution in [0.2, 0.25) is 0 Å². The number of carbonyl (C=O) groups excluding carboxylic acids is 1. The normalized spacial score (nSPS) is 15.8. The van der Waals surface area contributed by atoms with E-state index in [9.17, 15) is 23.5 Å². The molecule has 10 heteroatoms. The summed E-state index contributed by atoms with van der Waals surface area (Å²) >= 11 is 1.22. The van der Waals surface area contributed by atoms with Crippen LogP contribution in [0.4, 0.5) is 8.78 Å². The van der Waals surface area contributed by atoms with E-state index in [0.717, 1.165) is 70.5 Å². The van der Waals surface area contributed by atoms with Gasteiger partial charge in [0.05, 0.1) is 27.1 Å². The molecule has 49 heavy (non-hydrogen) atoms. The maximum atomic E-state index is 14.1. The largest absolute Gasteiger partial charge is 0.477 e. The highest BCUT2D eigenvalue weighted by Gasteiger charge is 2.30. The van der Waals surface area contributed by atoms with Crippen LogP contribution in [-0.2, 0) is 11.3 Å². The summed E-state index contributed by atoms with van der Waals surface area (Å²) in [7, 11) is 0. The number of likely N-dealkylation sites (tertiary alicyclic amines) is 2. The monoisotopic (exact) mass is 676 g/mol. The molecule has 1 N–H and O–H groups in total. The predicted octanol–water partition coefficient (Wildman–Crippen LogP) is 8.32. The molecule has 2 aliphatic rings. The number of hydrogen-bond acceptors (Lipinski definition) is 5. The Labute approximate surface area is 286 Å². The van der Waals surface area contributed by atoms with E-state index >= 15 is 0 Å². The van der Waals surface area contributed by atoms with E-state index in [1.54, 1.807) is 12.1 Å². The maximum absolute atomic E-state index is 14.1. The van der Waals surface area contributed by atoms with Crippen molar-refractivity contribution in [2.75, 3.05) is 26.2 Å². The van der Waals surface area contributed by atoms with Gasteiger partial charge in [-0.3, -0.25) is 4.79 Å². The van der Waals surface area contributed by atoms with E-state index in [-0.39, 0.29) is 17.3 Å². The van der Waals surface area contributed by atoms with Gasteiger partial charge in [0.1, 0.15) is 11.4 Å². The Morgan fingerprint density at radius 3 is 2.31 bits per heavy atom. The van der Waals surface area contributed by atoms with E-state index in [4.69, 9.17) is 4.98 Å². The third kappa shape index (κ3) is 5.89. The summed E-state index contributed by atoms with van der Waals surface area (Å²) < 4.78 is 30.4. The van der Waals surface area contributed by atoms with Gasteiger partial charge in [0.25, 0.3) is 0 Å². The average Bonchev–Trinajstić information content (AvgIpc) is 3.88. The Morgan fingerprint density at radius 2 is 1.57 bits per heavy atom. The molecule has 0 bridgehead atoms. The summed E-state index contributed by atoms with van der Waals surface area (Å²) in [5.41, 5.74) is 5.87. The highest BCUT2D eigenvalue weighted by molar-refractivity contribution is 7.21. The van der Waals surface area contributed by atoms with Crippen molar-refractivity contribution < 1.29 is 23.5 Å². The number of carbonyl (C=O) groups is 2. The number of nitrogens with zero attached hydrogens (tertiary/aromatic N) is 4. The summed E-state index contributed by atoms with van der Waals surface area (Å²) in [6.45, 7) is 3.77. The maximum Gasteiger partial charge on any atom is 0.345 e. The first kappa shape index (κ1) is 31.3. The van der Waals surface area contributed by atoms with Crippen molar-refractivity contribution in [1.82, 2.24) is 19.4 Å². The number of carboxylic acid groups (broad SMARTS) is 1. The number of hydrogen-bond donors (Lipinski definition) is 1. The number of halogens is 2. The number of piperidine rings is 1. The smallest absolute Gasteiger partial charge is 0.345 e. The van der Waals surface area contributed by atoms with Gasteiger partial charge in [0, 0.05) is 35.6 Å². The summed E-state index contributed by atoms with van der Waals surface area (Å²) in [5, 5.41) is 10.8. The Morgan fingerprint density at radius 1 is 0.816 bits per heavy atom. The van der Waals surface area contributed by atoms with Gasteiger partial charge in [0.2, 0.25) is 5.91 Å². The van der Waals surface area contributed by atoms with Crippen LogP contribution in [0, 0.1) is 11.6 Å². The van der Waals surface area contributed by atoms with Crippen LogP contribution in [0.15, 0.2) is 84.9 Å². The molecule has 0 unspecified atom stereocenters. The van der Waals surface area contributed by atoms with Gasteiger partial charge in [-0.05, 0) is 92.4 Å². The fraction of sp³-hybridized carbons (Fsp3) is 0.256. The zero-order valence-corrected chi connectivity index (χ0v) is 27.6. The third-order valence-electron chi connectivity index (χ3n) is 9.96. The molecule has 248 valence electrons. The Bertz CT molecular complexity index is 2220. The molecule has 3 aromatic heterocycles. The van der Waals surface area contributed by atoms with Crippen LogP contribution in [0.1, 0.15) is 35.4 Å². The molecule has 8 rings (SSSR count). The van der Waals surface area contributed by atoms with Crippen molar-refractivity contribution in [3.8, 4) is 33.6 Å². The number of amides is 1. The number of aromatic carboxylic acids is 1. The second-order valence-corrected chi connectivity index (χ2v) is 13.9. The van der Waals surface area contributed by atoms with E-state index in [2.05, 4.69) is 4.90 Å². The zero-order valence-electron chi connectivity index (χ0n) is 26.7. The van der Waals surface area contributed by atoms with E-state index in [1.807, 2.05) is 64.1 Å². The molecule has 6 aromatic rings. The highest BCUT2D eigenvalue weighted by Crippen LogP contribution is 2.45. The van der Waals surface area contributed by atoms with Crippen LogP contribution < -0.4 is 0 Å². The van der Waals surface area contributed by atoms with Crippen molar-refractivity contribution in [2.24, 2.45) is 0 Å². The number of aromatic nitrogens is 2. The van der Waals surface area contributed by atoms with Gasteiger partial charge in [0.15, 0.2) is 11.6 Å². The molecule has 0 aliphatic carbocycles. The van der Waals surface area contributed by atoms with E-state index in [0.29, 0.717) is 41.4 Å². The first-order valence-corrected chi connectivity index (χ1v) is 17.5. The summed E-state index contributed by atoms with van der Waals surface area (Å²) in [6.07, 6.45) is 4.41. The Kier molecular flexibility index (Phi) is 8.21. The molecule has 2 aliphatic heterocycles. The first-order chi connectivity index (χ1) is 23.8. The molecular formula is C39H34F2N4O3S. The topological polar surface area (TPSA) is 78.7 Å². The summed E-state index contributed by atoms with van der Waals surface area (Å²) in [4.78, 5) is 35.7. The van der Waals surface area contributed by atoms with Crippen molar-refractivity contribution in [3.63, 3.8) is 0 Å². The third-order valence-corrected chi connectivity index (χ3v) is 11.1. The molecule has 0 radical (unpaired) electrons. The summed E-state index contributed by atoms with van der Waals surface area (Å²) in [6, 6.07) is 25.3. The number of rotatable bonds is 7. The molecule has 5 heterocycles. The average molecular weight is 677 g/mol. The second-order valence-electron chi connectivity index (χ2n) is 12.9. The lowest BCUT2D eigenvalue weighted by atomic mass is 9.99. The quantitative estimate of drug-likeness (QED) is 0.184. The Balaban J connectivity index is 1.21. The highest BCUT2D eigenvalue weighted by atomic mass is 32.1. The number of carboxylic acids is 1. The fourth-order valence-corrected chi connectivity index (χ4v) is 8.55. The van der Waals surface area contributed by atoms with Crippen LogP contribution in [0.3, 0.4) is 0 Å². The van der Waals surface area contributed by atoms with Crippen LogP contribution in [0.25, 0.3) is 54.8 Å².